The van der Waals surface area contributed by atoms with Gasteiger partial charge >= 0.3 is 0 Å². The third-order valence-electron chi connectivity index (χ3n) is 3.81. The first kappa shape index (κ1) is 15.6. The van der Waals surface area contributed by atoms with E-state index in [1.165, 1.54) is 11.1 Å². The van der Waals surface area contributed by atoms with Gasteiger partial charge in [-0.2, -0.15) is 0 Å². The molecule has 1 heterocycles. The molecule has 6 heteroatoms. The van der Waals surface area contributed by atoms with Crippen LogP contribution in [-0.4, -0.2) is 60.7 Å². The number of nitrogens with two attached hydrogens (primary N) is 1. The van der Waals surface area contributed by atoms with Gasteiger partial charge in [-0.25, -0.2) is 0 Å². The number of rotatable bonds is 5. The molecule has 0 bridgehead atoms. The van der Waals surface area contributed by atoms with E-state index in [0.29, 0.717) is 6.54 Å². The molecule has 0 spiro atoms. The van der Waals surface area contributed by atoms with Crippen molar-refractivity contribution in [2.24, 2.45) is 10.9 Å². The summed E-state index contributed by atoms with van der Waals surface area (Å²) in [5, 5.41) is 11.6. The van der Waals surface area contributed by atoms with Crippen molar-refractivity contribution in [1.82, 2.24) is 9.80 Å². The fourth-order valence-corrected chi connectivity index (χ4v) is 2.64. The summed E-state index contributed by atoms with van der Waals surface area (Å²) in [6, 6.07) is 6.28. The molecule has 0 radical (unpaired) electrons. The van der Waals surface area contributed by atoms with E-state index >= 15 is 0 Å². The van der Waals surface area contributed by atoms with Crippen molar-refractivity contribution in [3.63, 3.8) is 0 Å². The molecule has 3 N–H and O–H groups in total. The van der Waals surface area contributed by atoms with E-state index in [9.17, 15) is 0 Å². The van der Waals surface area contributed by atoms with Crippen LogP contribution in [0.3, 0.4) is 0 Å². The van der Waals surface area contributed by atoms with Gasteiger partial charge in [-0.1, -0.05) is 22.9 Å². The number of piperazine rings is 1. The van der Waals surface area contributed by atoms with Crippen molar-refractivity contribution >= 4 is 5.84 Å². The Balaban J connectivity index is 1.90. The maximum Gasteiger partial charge on any atom is 0.153 e. The van der Waals surface area contributed by atoms with Gasteiger partial charge in [-0.3, -0.25) is 9.80 Å². The van der Waals surface area contributed by atoms with Gasteiger partial charge in [-0.15, -0.1) is 0 Å². The minimum atomic E-state index is 0.267. The standard InChI is InChI=1S/C15H24N4O2/c1-12-3-4-14(21-2)13(9-12)10-18-5-7-19(8-6-18)11-15(16)17-20/h3-4,9,20H,5-8,10-11H2,1-2H3,(H2,16,17). The second-order valence-electron chi connectivity index (χ2n) is 5.46. The number of amidine groups is 1. The zero-order chi connectivity index (χ0) is 15.2. The minimum absolute atomic E-state index is 0.267. The van der Waals surface area contributed by atoms with Crippen LogP contribution in [0.5, 0.6) is 5.75 Å². The quantitative estimate of drug-likeness (QED) is 0.364. The molecule has 0 atom stereocenters. The van der Waals surface area contributed by atoms with Crippen LogP contribution in [0.15, 0.2) is 23.4 Å². The number of hydrogen-bond acceptors (Lipinski definition) is 5. The maximum atomic E-state index is 8.61. The minimum Gasteiger partial charge on any atom is -0.496 e. The lowest BCUT2D eigenvalue weighted by Crippen LogP contribution is -2.48. The molecule has 1 saturated heterocycles. The third kappa shape index (κ3) is 4.34. The van der Waals surface area contributed by atoms with Crippen LogP contribution in [-0.2, 0) is 6.54 Å². The fourth-order valence-electron chi connectivity index (χ4n) is 2.64. The Bertz CT molecular complexity index is 496. The predicted molar refractivity (Wildman–Crippen MR) is 82.9 cm³/mol. The highest BCUT2D eigenvalue weighted by Gasteiger charge is 2.18. The van der Waals surface area contributed by atoms with Crippen LogP contribution in [0.2, 0.25) is 0 Å². The second-order valence-corrected chi connectivity index (χ2v) is 5.46. The van der Waals surface area contributed by atoms with Gasteiger partial charge in [-0.05, 0) is 13.0 Å². The number of hydrogen-bond donors (Lipinski definition) is 2. The van der Waals surface area contributed by atoms with E-state index in [4.69, 9.17) is 15.7 Å². The first-order chi connectivity index (χ1) is 10.1. The molecule has 1 aliphatic rings. The fraction of sp³-hybridized carbons (Fsp3) is 0.533. The molecule has 1 aromatic carbocycles. The lowest BCUT2D eigenvalue weighted by atomic mass is 10.1. The number of methoxy groups -OCH3 is 1. The lowest BCUT2D eigenvalue weighted by Gasteiger charge is -2.34. The van der Waals surface area contributed by atoms with E-state index in [1.54, 1.807) is 7.11 Å². The average molecular weight is 292 g/mol. The van der Waals surface area contributed by atoms with E-state index in [2.05, 4.69) is 34.0 Å². The van der Waals surface area contributed by atoms with Crippen LogP contribution in [0.25, 0.3) is 0 Å². The first-order valence-corrected chi connectivity index (χ1v) is 7.17. The molecule has 0 saturated carbocycles. The number of ether oxygens (including phenoxy) is 1. The molecule has 1 fully saturated rings. The van der Waals surface area contributed by atoms with Gasteiger partial charge < -0.3 is 15.7 Å². The molecule has 0 amide bonds. The van der Waals surface area contributed by atoms with Crippen molar-refractivity contribution < 1.29 is 9.94 Å². The molecular formula is C15H24N4O2. The molecule has 0 unspecified atom stereocenters. The Labute approximate surface area is 125 Å². The lowest BCUT2D eigenvalue weighted by molar-refractivity contribution is 0.138. The summed E-state index contributed by atoms with van der Waals surface area (Å²) in [5.41, 5.74) is 8.02. The zero-order valence-electron chi connectivity index (χ0n) is 12.7. The van der Waals surface area contributed by atoms with Gasteiger partial charge in [0.25, 0.3) is 0 Å². The van der Waals surface area contributed by atoms with E-state index < -0.39 is 0 Å². The third-order valence-corrected chi connectivity index (χ3v) is 3.81. The Morgan fingerprint density at radius 1 is 1.29 bits per heavy atom. The first-order valence-electron chi connectivity index (χ1n) is 7.17. The van der Waals surface area contributed by atoms with E-state index in [1.807, 2.05) is 6.07 Å². The predicted octanol–water partition coefficient (Wildman–Crippen LogP) is 0.868. The van der Waals surface area contributed by atoms with Crippen molar-refractivity contribution in [2.75, 3.05) is 39.8 Å². The average Bonchev–Trinajstić information content (AvgIpc) is 2.49. The van der Waals surface area contributed by atoms with Gasteiger partial charge in [0.1, 0.15) is 5.75 Å². The highest BCUT2D eigenvalue weighted by atomic mass is 16.5. The van der Waals surface area contributed by atoms with E-state index in [0.717, 1.165) is 38.5 Å². The molecule has 0 aromatic heterocycles. The van der Waals surface area contributed by atoms with Crippen molar-refractivity contribution in [2.45, 2.75) is 13.5 Å². The summed E-state index contributed by atoms with van der Waals surface area (Å²) in [6.07, 6.45) is 0. The Morgan fingerprint density at radius 2 is 1.95 bits per heavy atom. The molecule has 1 aliphatic heterocycles. The summed E-state index contributed by atoms with van der Waals surface area (Å²) in [5.74, 6) is 1.21. The Morgan fingerprint density at radius 3 is 2.57 bits per heavy atom. The second kappa shape index (κ2) is 7.28. The zero-order valence-corrected chi connectivity index (χ0v) is 12.7. The van der Waals surface area contributed by atoms with Crippen molar-refractivity contribution in [1.29, 1.82) is 0 Å². The SMILES string of the molecule is COc1ccc(C)cc1CN1CCN(CC(N)=NO)CC1. The summed E-state index contributed by atoms with van der Waals surface area (Å²) >= 11 is 0. The van der Waals surface area contributed by atoms with E-state index in [-0.39, 0.29) is 5.84 Å². The van der Waals surface area contributed by atoms with Crippen LogP contribution in [0, 0.1) is 6.92 Å². The van der Waals surface area contributed by atoms with Gasteiger partial charge in [0.05, 0.1) is 13.7 Å². The van der Waals surface area contributed by atoms with Crippen molar-refractivity contribution in [3.8, 4) is 5.75 Å². The summed E-state index contributed by atoms with van der Waals surface area (Å²) in [6.45, 7) is 7.29. The molecule has 21 heavy (non-hydrogen) atoms. The molecule has 2 rings (SSSR count). The normalized spacial score (nSPS) is 17.9. The summed E-state index contributed by atoms with van der Waals surface area (Å²) < 4.78 is 5.43. The maximum absolute atomic E-state index is 8.61. The van der Waals surface area contributed by atoms with Gasteiger partial charge in [0, 0.05) is 38.3 Å². The number of benzene rings is 1. The number of oxime groups is 1. The number of nitrogens with zero attached hydrogens (tertiary/aromatic N) is 3. The smallest absolute Gasteiger partial charge is 0.153 e. The molecule has 1 aromatic rings. The topological polar surface area (TPSA) is 74.3 Å². The summed E-state index contributed by atoms with van der Waals surface area (Å²) in [4.78, 5) is 4.60. The highest BCUT2D eigenvalue weighted by Crippen LogP contribution is 2.21. The molecular weight excluding hydrogens is 268 g/mol. The van der Waals surface area contributed by atoms with Crippen LogP contribution in [0.4, 0.5) is 0 Å². The molecule has 116 valence electrons. The van der Waals surface area contributed by atoms with Crippen LogP contribution in [0.1, 0.15) is 11.1 Å². The van der Waals surface area contributed by atoms with Gasteiger partial charge in [0.2, 0.25) is 0 Å². The summed E-state index contributed by atoms with van der Waals surface area (Å²) in [7, 11) is 1.71. The Kier molecular flexibility index (Phi) is 5.41. The highest BCUT2D eigenvalue weighted by molar-refractivity contribution is 5.81. The van der Waals surface area contributed by atoms with Crippen LogP contribution < -0.4 is 10.5 Å². The van der Waals surface area contributed by atoms with Crippen LogP contribution >= 0.6 is 0 Å². The number of aryl methyl sites for hydroxylation is 1. The Hall–Kier alpha value is -1.79. The monoisotopic (exact) mass is 292 g/mol. The van der Waals surface area contributed by atoms with Crippen molar-refractivity contribution in [3.05, 3.63) is 29.3 Å². The molecule has 0 aliphatic carbocycles. The van der Waals surface area contributed by atoms with Gasteiger partial charge in [0.15, 0.2) is 5.84 Å². The molecule has 6 nitrogen and oxygen atoms in total. The largest absolute Gasteiger partial charge is 0.496 e.